The van der Waals surface area contributed by atoms with Crippen LogP contribution in [-0.2, 0) is 19.0 Å². The average Bonchev–Trinajstić information content (AvgIpc) is 3.34. The first-order chi connectivity index (χ1) is 16.8. The Morgan fingerprint density at radius 3 is 2.46 bits per heavy atom. The molecule has 190 valence electrons. The van der Waals surface area contributed by atoms with E-state index in [2.05, 4.69) is 15.3 Å². The van der Waals surface area contributed by atoms with Gasteiger partial charge in [-0.25, -0.2) is 23.1 Å². The molecular weight excluding hydrogens is 491 g/mol. The summed E-state index contributed by atoms with van der Waals surface area (Å²) in [6, 6.07) is 1.97. The van der Waals surface area contributed by atoms with Crippen LogP contribution in [0.15, 0.2) is 18.2 Å². The van der Waals surface area contributed by atoms with Crippen LogP contribution in [0.1, 0.15) is 54.1 Å². The normalized spacial score (nSPS) is 19.1. The molecule has 13 heteroatoms. The molecular formula is C22H25ClF3N5O4. The van der Waals surface area contributed by atoms with Gasteiger partial charge in [0.1, 0.15) is 17.7 Å². The molecule has 0 aliphatic carbocycles. The molecule has 1 amide bonds. The van der Waals surface area contributed by atoms with Crippen LogP contribution in [0.5, 0.6) is 0 Å². The van der Waals surface area contributed by atoms with Crippen molar-refractivity contribution >= 4 is 23.3 Å². The Morgan fingerprint density at radius 2 is 1.83 bits per heavy atom. The minimum Gasteiger partial charge on any atom is -0.379 e. The maximum absolute atomic E-state index is 14.8. The Kier molecular flexibility index (Phi) is 8.07. The molecule has 2 aliphatic rings. The average molecular weight is 516 g/mol. The molecule has 0 saturated carbocycles. The molecule has 0 radical (unpaired) electrons. The third-order valence-corrected chi connectivity index (χ3v) is 6.03. The van der Waals surface area contributed by atoms with E-state index in [1.807, 2.05) is 4.90 Å². The highest BCUT2D eigenvalue weighted by Gasteiger charge is 2.37. The van der Waals surface area contributed by atoms with Crippen molar-refractivity contribution in [3.05, 3.63) is 51.7 Å². The van der Waals surface area contributed by atoms with Crippen molar-refractivity contribution in [3.8, 4) is 0 Å². The minimum absolute atomic E-state index is 0.00192. The van der Waals surface area contributed by atoms with E-state index < -0.39 is 42.1 Å². The molecule has 2 saturated heterocycles. The van der Waals surface area contributed by atoms with Gasteiger partial charge < -0.3 is 25.3 Å². The first-order valence-electron chi connectivity index (χ1n) is 11.0. The molecule has 1 aromatic heterocycles. The first-order valence-corrected chi connectivity index (χ1v) is 11.4. The number of halogens is 4. The van der Waals surface area contributed by atoms with Crippen molar-refractivity contribution in [3.63, 3.8) is 0 Å². The van der Waals surface area contributed by atoms with Gasteiger partial charge in [0.15, 0.2) is 6.29 Å². The number of hydrogen-bond acceptors (Lipinski definition) is 8. The van der Waals surface area contributed by atoms with Gasteiger partial charge in [-0.1, -0.05) is 18.2 Å². The molecule has 2 aliphatic heterocycles. The van der Waals surface area contributed by atoms with Crippen molar-refractivity contribution < 1.29 is 32.2 Å². The molecule has 2 atom stereocenters. The molecule has 1 aromatic carbocycles. The smallest absolute Gasteiger partial charge is 0.266 e. The maximum atomic E-state index is 14.8. The lowest BCUT2D eigenvalue weighted by atomic mass is 10.0. The van der Waals surface area contributed by atoms with E-state index in [1.54, 1.807) is 6.92 Å². The van der Waals surface area contributed by atoms with Crippen molar-refractivity contribution in [1.82, 2.24) is 14.9 Å². The van der Waals surface area contributed by atoms with Crippen LogP contribution < -0.4 is 11.1 Å². The van der Waals surface area contributed by atoms with Gasteiger partial charge in [0.25, 0.3) is 6.43 Å². The number of benzene rings is 1. The number of alkyl halides is 2. The zero-order chi connectivity index (χ0) is 25.1. The van der Waals surface area contributed by atoms with Crippen molar-refractivity contribution in [2.45, 2.75) is 31.7 Å². The fourth-order valence-electron chi connectivity index (χ4n) is 4.21. The molecule has 35 heavy (non-hydrogen) atoms. The van der Waals surface area contributed by atoms with Crippen molar-refractivity contribution in [1.29, 1.82) is 0 Å². The van der Waals surface area contributed by atoms with Crippen molar-refractivity contribution in [2.75, 3.05) is 44.8 Å². The summed E-state index contributed by atoms with van der Waals surface area (Å²) < 4.78 is 58.0. The summed E-state index contributed by atoms with van der Waals surface area (Å²) in [5.74, 6) is -1.59. The molecule has 3 heterocycles. The highest BCUT2D eigenvalue weighted by Crippen LogP contribution is 2.38. The van der Waals surface area contributed by atoms with Gasteiger partial charge in [-0.2, -0.15) is 0 Å². The molecule has 2 aromatic rings. The van der Waals surface area contributed by atoms with E-state index in [9.17, 15) is 18.0 Å². The lowest BCUT2D eigenvalue weighted by Gasteiger charge is -2.34. The van der Waals surface area contributed by atoms with E-state index in [4.69, 9.17) is 31.5 Å². The lowest BCUT2D eigenvalue weighted by Crippen LogP contribution is -2.45. The number of carbonyl (C=O) groups is 1. The minimum atomic E-state index is -2.97. The van der Waals surface area contributed by atoms with Crippen LogP contribution in [0.3, 0.4) is 0 Å². The second-order valence-electron chi connectivity index (χ2n) is 8.08. The summed E-state index contributed by atoms with van der Waals surface area (Å²) in [7, 11) is 0. The number of carbonyl (C=O) groups excluding carboxylic acids is 1. The number of nitrogens with one attached hydrogen (secondary N) is 1. The van der Waals surface area contributed by atoms with Gasteiger partial charge in [0, 0.05) is 18.7 Å². The van der Waals surface area contributed by atoms with Crippen LogP contribution in [0.4, 0.5) is 19.0 Å². The van der Waals surface area contributed by atoms with Crippen LogP contribution in [0, 0.1) is 5.82 Å². The highest BCUT2D eigenvalue weighted by molar-refractivity contribution is 6.28. The second kappa shape index (κ2) is 11.0. The van der Waals surface area contributed by atoms with Gasteiger partial charge in [-0.05, 0) is 18.5 Å². The zero-order valence-corrected chi connectivity index (χ0v) is 19.6. The molecule has 4 rings (SSSR count). The number of nitrogens with zero attached hydrogens (tertiary/aromatic N) is 3. The molecule has 9 nitrogen and oxygen atoms in total. The maximum Gasteiger partial charge on any atom is 0.266 e. The number of ether oxygens (including phenoxy) is 3. The van der Waals surface area contributed by atoms with E-state index in [1.165, 1.54) is 12.1 Å². The second-order valence-corrected chi connectivity index (χ2v) is 8.42. The number of rotatable bonds is 8. The van der Waals surface area contributed by atoms with Crippen LogP contribution in [0.2, 0.25) is 5.28 Å². The predicted molar refractivity (Wildman–Crippen MR) is 119 cm³/mol. The van der Waals surface area contributed by atoms with Crippen LogP contribution in [0.25, 0.3) is 0 Å². The molecule has 0 bridgehead atoms. The number of nitrogens with two attached hydrogens (primary N) is 1. The summed E-state index contributed by atoms with van der Waals surface area (Å²) in [5, 5.41) is 2.82. The number of amides is 1. The monoisotopic (exact) mass is 515 g/mol. The summed E-state index contributed by atoms with van der Waals surface area (Å²) in [5.41, 5.74) is 5.53. The topological polar surface area (TPSA) is 112 Å². The molecule has 0 spiro atoms. The van der Waals surface area contributed by atoms with E-state index >= 15 is 0 Å². The van der Waals surface area contributed by atoms with E-state index in [-0.39, 0.29) is 41.1 Å². The Morgan fingerprint density at radius 1 is 1.17 bits per heavy atom. The summed E-state index contributed by atoms with van der Waals surface area (Å²) >= 11 is 6.23. The Labute approximate surface area is 204 Å². The Bertz CT molecular complexity index is 1070. The fraction of sp³-hybridized carbons (Fsp3) is 0.500. The van der Waals surface area contributed by atoms with Gasteiger partial charge in [0.05, 0.1) is 49.3 Å². The largest absolute Gasteiger partial charge is 0.379 e. The number of primary amides is 1. The van der Waals surface area contributed by atoms with E-state index in [0.29, 0.717) is 26.3 Å². The quantitative estimate of drug-likeness (QED) is 0.515. The van der Waals surface area contributed by atoms with Gasteiger partial charge in [-0.15, -0.1) is 0 Å². The first kappa shape index (κ1) is 25.6. The molecule has 3 N–H and O–H groups in total. The van der Waals surface area contributed by atoms with Crippen LogP contribution >= 0.6 is 11.6 Å². The number of anilines is 1. The van der Waals surface area contributed by atoms with Crippen LogP contribution in [-0.4, -0.2) is 60.3 Å². The zero-order valence-electron chi connectivity index (χ0n) is 18.8. The fourth-order valence-corrected chi connectivity index (χ4v) is 4.39. The number of hydrogen-bond donors (Lipinski definition) is 2. The van der Waals surface area contributed by atoms with Gasteiger partial charge in [0.2, 0.25) is 11.2 Å². The predicted octanol–water partition coefficient (Wildman–Crippen LogP) is 3.28. The number of morpholine rings is 1. The summed E-state index contributed by atoms with van der Waals surface area (Å²) in [4.78, 5) is 22.9. The summed E-state index contributed by atoms with van der Waals surface area (Å²) in [6.45, 7) is 3.79. The van der Waals surface area contributed by atoms with E-state index in [0.717, 1.165) is 6.07 Å². The Balaban J connectivity index is 1.78. The van der Waals surface area contributed by atoms with Gasteiger partial charge in [-0.3, -0.25) is 9.69 Å². The third kappa shape index (κ3) is 5.51. The lowest BCUT2D eigenvalue weighted by molar-refractivity contribution is -0.125. The van der Waals surface area contributed by atoms with Crippen molar-refractivity contribution in [2.24, 2.45) is 5.73 Å². The standard InChI is InChI=1S/C22H25ClF3N5O4/c1-11(12-3-2-4-13(15(12)24)18(25)26)28-20-14(21-34-9-10-35-21)16(29-22(23)30-20)17(19(27)32)31-5-7-33-8-6-31/h2-4,11,17-18,21H,5-10H2,1H3,(H2,27,32)(H,28,29,30). The molecule has 2 unspecified atom stereocenters. The van der Waals surface area contributed by atoms with Gasteiger partial charge >= 0.3 is 0 Å². The third-order valence-electron chi connectivity index (χ3n) is 5.86. The number of aromatic nitrogens is 2. The SMILES string of the molecule is CC(Nc1nc(Cl)nc(C(C(N)=O)N2CCOCC2)c1C1OCCO1)c1cccc(C(F)F)c1F. The highest BCUT2D eigenvalue weighted by atomic mass is 35.5. The Hall–Kier alpha value is -2.51. The summed E-state index contributed by atoms with van der Waals surface area (Å²) in [6.07, 6.45) is -3.92. The molecule has 2 fully saturated rings.